The summed E-state index contributed by atoms with van der Waals surface area (Å²) in [4.78, 5) is 0. The Hall–Kier alpha value is -0.0138. The lowest BCUT2D eigenvalue weighted by Crippen LogP contribution is -1.93. The second-order valence-electron chi connectivity index (χ2n) is 3.23. The van der Waals surface area contributed by atoms with Gasteiger partial charge in [-0.1, -0.05) is 6.07 Å². The number of benzene rings is 1. The van der Waals surface area contributed by atoms with Gasteiger partial charge in [0.25, 0.3) is 0 Å². The minimum atomic E-state index is 0. The van der Waals surface area contributed by atoms with Crippen molar-refractivity contribution in [2.24, 2.45) is 0 Å². The van der Waals surface area contributed by atoms with E-state index < -0.39 is 0 Å². The molecule has 1 aromatic rings. The first-order chi connectivity index (χ1) is 5.04. The van der Waals surface area contributed by atoms with Crippen molar-refractivity contribution < 1.29 is 0 Å². The van der Waals surface area contributed by atoms with Crippen LogP contribution in [0.25, 0.3) is 0 Å². The van der Waals surface area contributed by atoms with Crippen LogP contribution in [0.3, 0.4) is 0 Å². The molecule has 0 fully saturated rings. The van der Waals surface area contributed by atoms with Crippen molar-refractivity contribution in [3.05, 3.63) is 40.8 Å². The van der Waals surface area contributed by atoms with Crippen LogP contribution in [0.2, 0.25) is 0 Å². The topological polar surface area (TPSA) is 0 Å². The Morgan fingerprint density at radius 3 is 1.92 bits per heavy atom. The van der Waals surface area contributed by atoms with Crippen LogP contribution in [0.4, 0.5) is 0 Å². The summed E-state index contributed by atoms with van der Waals surface area (Å²) in [5, 5.41) is 0. The SMILES string of the molecule is [CH2]c1cc(C)c(C)c(C)c1C.[MgH2]. The first-order valence-corrected chi connectivity index (χ1v) is 3.93. The Balaban J connectivity index is 0.00000121. The maximum atomic E-state index is 3.98. The molecule has 0 bridgehead atoms. The lowest BCUT2D eigenvalue weighted by Gasteiger charge is -2.10. The van der Waals surface area contributed by atoms with Gasteiger partial charge in [-0.3, -0.25) is 0 Å². The van der Waals surface area contributed by atoms with Gasteiger partial charge in [-0.15, -0.1) is 0 Å². The van der Waals surface area contributed by atoms with Crippen LogP contribution in [0.1, 0.15) is 27.8 Å². The lowest BCUT2D eigenvalue weighted by molar-refractivity contribution is 1.20. The fourth-order valence-corrected chi connectivity index (χ4v) is 1.30. The summed E-state index contributed by atoms with van der Waals surface area (Å²) in [7, 11) is 0. The predicted molar refractivity (Wildman–Crippen MR) is 58.4 cm³/mol. The molecule has 0 nitrogen and oxygen atoms in total. The highest BCUT2D eigenvalue weighted by molar-refractivity contribution is 5.75. The van der Waals surface area contributed by atoms with E-state index >= 15 is 0 Å². The van der Waals surface area contributed by atoms with Gasteiger partial charge in [0.1, 0.15) is 0 Å². The summed E-state index contributed by atoms with van der Waals surface area (Å²) in [6, 6.07) is 2.15. The van der Waals surface area contributed by atoms with Gasteiger partial charge in [0.15, 0.2) is 0 Å². The zero-order valence-corrected chi connectivity index (χ0v) is 7.78. The second-order valence-corrected chi connectivity index (χ2v) is 3.23. The molecule has 0 spiro atoms. The molecule has 0 aliphatic heterocycles. The maximum absolute atomic E-state index is 3.98. The van der Waals surface area contributed by atoms with E-state index in [-0.39, 0.29) is 23.1 Å². The summed E-state index contributed by atoms with van der Waals surface area (Å²) in [6.45, 7) is 12.6. The third-order valence-corrected chi connectivity index (χ3v) is 2.59. The Morgan fingerprint density at radius 1 is 0.917 bits per heavy atom. The Bertz CT molecular complexity index is 261. The summed E-state index contributed by atoms with van der Waals surface area (Å²) < 4.78 is 0. The average molecular weight is 174 g/mol. The second kappa shape index (κ2) is 4.29. The van der Waals surface area contributed by atoms with E-state index in [4.69, 9.17) is 0 Å². The van der Waals surface area contributed by atoms with Gasteiger partial charge in [-0.25, -0.2) is 0 Å². The van der Waals surface area contributed by atoms with Crippen molar-refractivity contribution >= 4 is 23.1 Å². The standard InChI is InChI=1S/C11H15.Mg.2H/c1-7-6-8(2)10(4)11(5)9(7)3;;;/h6H,1H2,2-5H3;;;. The highest BCUT2D eigenvalue weighted by Crippen LogP contribution is 2.19. The van der Waals surface area contributed by atoms with Crippen LogP contribution in [0.15, 0.2) is 6.07 Å². The van der Waals surface area contributed by atoms with Crippen molar-refractivity contribution in [3.63, 3.8) is 0 Å². The van der Waals surface area contributed by atoms with Crippen LogP contribution >= 0.6 is 0 Å². The van der Waals surface area contributed by atoms with Crippen molar-refractivity contribution in [1.82, 2.24) is 0 Å². The molecule has 1 heteroatoms. The molecule has 63 valence electrons. The van der Waals surface area contributed by atoms with E-state index in [1.165, 1.54) is 22.3 Å². The van der Waals surface area contributed by atoms with Crippen LogP contribution in [-0.2, 0) is 0 Å². The molecule has 0 heterocycles. The Labute approximate surface area is 91.5 Å². The van der Waals surface area contributed by atoms with Crippen LogP contribution < -0.4 is 0 Å². The molecular formula is C11H17Mg. The van der Waals surface area contributed by atoms with E-state index in [1.807, 2.05) is 0 Å². The molecule has 1 radical (unpaired) electrons. The first kappa shape index (κ1) is 12.0. The number of hydrogen-bond donors (Lipinski definition) is 0. The minimum Gasteiger partial charge on any atom is -0.0555 e. The molecule has 0 aliphatic rings. The van der Waals surface area contributed by atoms with Crippen molar-refractivity contribution in [1.29, 1.82) is 0 Å². The fraction of sp³-hybridized carbons (Fsp3) is 0.364. The highest BCUT2D eigenvalue weighted by atomic mass is 24.3. The van der Waals surface area contributed by atoms with Crippen LogP contribution in [0.5, 0.6) is 0 Å². The molecule has 0 aromatic heterocycles. The zero-order valence-electron chi connectivity index (χ0n) is 7.78. The minimum absolute atomic E-state index is 0. The van der Waals surface area contributed by atoms with E-state index in [1.54, 1.807) is 0 Å². The number of rotatable bonds is 0. The molecule has 12 heavy (non-hydrogen) atoms. The molecule has 0 unspecified atom stereocenters. The summed E-state index contributed by atoms with van der Waals surface area (Å²) in [6.07, 6.45) is 0. The first-order valence-electron chi connectivity index (χ1n) is 3.93. The number of hydrogen-bond acceptors (Lipinski definition) is 0. The molecule has 0 atom stereocenters. The normalized spacial score (nSPS) is 9.42. The molecule has 0 saturated carbocycles. The highest BCUT2D eigenvalue weighted by Gasteiger charge is 2.02. The third-order valence-electron chi connectivity index (χ3n) is 2.59. The monoisotopic (exact) mass is 173 g/mol. The number of aryl methyl sites for hydroxylation is 1. The summed E-state index contributed by atoms with van der Waals surface area (Å²) in [5.41, 5.74) is 6.61. The van der Waals surface area contributed by atoms with E-state index in [0.717, 1.165) is 5.56 Å². The van der Waals surface area contributed by atoms with E-state index in [0.29, 0.717) is 0 Å². The summed E-state index contributed by atoms with van der Waals surface area (Å²) in [5.74, 6) is 0. The van der Waals surface area contributed by atoms with Gasteiger partial charge in [-0.2, -0.15) is 0 Å². The molecule has 0 amide bonds. The molecule has 0 aliphatic carbocycles. The van der Waals surface area contributed by atoms with Gasteiger partial charge in [0.05, 0.1) is 0 Å². The van der Waals surface area contributed by atoms with Gasteiger partial charge in [0, 0.05) is 0 Å². The predicted octanol–water partition coefficient (Wildman–Crippen LogP) is 2.19. The zero-order chi connectivity index (χ0) is 8.59. The van der Waals surface area contributed by atoms with Gasteiger partial charge in [-0.05, 0) is 62.4 Å². The molecule has 0 N–H and O–H groups in total. The van der Waals surface area contributed by atoms with Crippen molar-refractivity contribution in [2.75, 3.05) is 0 Å². The largest absolute Gasteiger partial charge is 0.316 e. The molecule has 1 rings (SSSR count). The van der Waals surface area contributed by atoms with E-state index in [2.05, 4.69) is 40.7 Å². The average Bonchev–Trinajstić information content (AvgIpc) is 1.97. The fourth-order valence-electron chi connectivity index (χ4n) is 1.30. The molecular weight excluding hydrogens is 156 g/mol. The third kappa shape index (κ3) is 2.02. The lowest BCUT2D eigenvalue weighted by atomic mass is 9.96. The van der Waals surface area contributed by atoms with Gasteiger partial charge < -0.3 is 0 Å². The smallest absolute Gasteiger partial charge is 0.0555 e. The molecule has 1 aromatic carbocycles. The Kier molecular flexibility index (Phi) is 4.28. The quantitative estimate of drug-likeness (QED) is 0.528. The molecule has 0 saturated heterocycles. The van der Waals surface area contributed by atoms with Crippen molar-refractivity contribution in [3.8, 4) is 0 Å². The van der Waals surface area contributed by atoms with Crippen LogP contribution in [-0.4, -0.2) is 23.1 Å². The van der Waals surface area contributed by atoms with Crippen molar-refractivity contribution in [2.45, 2.75) is 27.7 Å². The van der Waals surface area contributed by atoms with Crippen LogP contribution in [0, 0.1) is 34.6 Å². The van der Waals surface area contributed by atoms with Gasteiger partial charge in [0.2, 0.25) is 0 Å². The van der Waals surface area contributed by atoms with E-state index in [9.17, 15) is 0 Å². The summed E-state index contributed by atoms with van der Waals surface area (Å²) >= 11 is 0. The van der Waals surface area contributed by atoms with Gasteiger partial charge >= 0.3 is 23.1 Å². The Morgan fingerprint density at radius 2 is 1.42 bits per heavy atom. The maximum Gasteiger partial charge on any atom is 0.316 e.